The summed E-state index contributed by atoms with van der Waals surface area (Å²) >= 11 is 0. The number of hydrogen-bond donors (Lipinski definition) is 2. The number of para-hydroxylation sites is 1. The van der Waals surface area contributed by atoms with E-state index in [1.807, 2.05) is 42.3 Å². The van der Waals surface area contributed by atoms with Gasteiger partial charge in [0.1, 0.15) is 17.7 Å². The molecule has 0 amide bonds. The molecule has 0 spiro atoms. The van der Waals surface area contributed by atoms with Crippen LogP contribution in [0.4, 0.5) is 16.0 Å². The molecular weight excluding hydrogens is 449 g/mol. The van der Waals surface area contributed by atoms with Crippen molar-refractivity contribution in [1.82, 2.24) is 24.7 Å². The first kappa shape index (κ1) is 21.1. The topological polar surface area (TPSA) is 101 Å². The second-order valence-electron chi connectivity index (χ2n) is 8.58. The standard InChI is InChI=1S/C25H22FN7O2/c1-14-21-22(31-30-14)18-12-28-25(29-23(18)33(24(21)34)16-6-4-3-5-7-16)27-11-17-13-32(2)19-9-8-15(26)10-20(19)35-17/h3-10,12,17H,11,13H2,1-2H3,(H,30,31)(H,27,28,29)/t17-/m0/s1. The molecule has 0 unspecified atom stereocenters. The minimum Gasteiger partial charge on any atom is -0.484 e. The molecule has 6 rings (SSSR count). The van der Waals surface area contributed by atoms with Crippen molar-refractivity contribution < 1.29 is 9.13 Å². The monoisotopic (exact) mass is 471 g/mol. The Hall–Kier alpha value is -4.47. The number of pyridine rings is 1. The summed E-state index contributed by atoms with van der Waals surface area (Å²) in [6.45, 7) is 2.80. The molecule has 3 aromatic heterocycles. The van der Waals surface area contributed by atoms with Gasteiger partial charge < -0.3 is 15.0 Å². The number of halogens is 1. The highest BCUT2D eigenvalue weighted by atomic mass is 19.1. The maximum atomic E-state index is 13.7. The van der Waals surface area contributed by atoms with Gasteiger partial charge in [-0.05, 0) is 31.2 Å². The Morgan fingerprint density at radius 2 is 2.06 bits per heavy atom. The average Bonchev–Trinajstić information content (AvgIpc) is 3.25. The van der Waals surface area contributed by atoms with Crippen LogP contribution in [0.3, 0.4) is 0 Å². The highest BCUT2D eigenvalue weighted by Crippen LogP contribution is 2.33. The van der Waals surface area contributed by atoms with Gasteiger partial charge in [-0.3, -0.25) is 14.5 Å². The maximum Gasteiger partial charge on any atom is 0.268 e. The number of anilines is 2. The highest BCUT2D eigenvalue weighted by molar-refractivity contribution is 6.03. The van der Waals surface area contributed by atoms with Crippen molar-refractivity contribution in [1.29, 1.82) is 0 Å². The Kier molecular flexibility index (Phi) is 4.87. The van der Waals surface area contributed by atoms with Gasteiger partial charge in [-0.25, -0.2) is 9.37 Å². The van der Waals surface area contributed by atoms with E-state index in [1.54, 1.807) is 23.8 Å². The zero-order chi connectivity index (χ0) is 24.1. The second kappa shape index (κ2) is 8.08. The van der Waals surface area contributed by atoms with Gasteiger partial charge in [0, 0.05) is 19.3 Å². The van der Waals surface area contributed by atoms with E-state index in [1.165, 1.54) is 12.1 Å². The summed E-state index contributed by atoms with van der Waals surface area (Å²) in [4.78, 5) is 24.7. The Morgan fingerprint density at radius 3 is 2.89 bits per heavy atom. The van der Waals surface area contributed by atoms with Crippen LogP contribution in [-0.2, 0) is 0 Å². The largest absolute Gasteiger partial charge is 0.484 e. The lowest BCUT2D eigenvalue weighted by molar-refractivity contribution is 0.207. The lowest BCUT2D eigenvalue weighted by Crippen LogP contribution is -2.41. The molecule has 0 fully saturated rings. The second-order valence-corrected chi connectivity index (χ2v) is 8.58. The summed E-state index contributed by atoms with van der Waals surface area (Å²) in [6.07, 6.45) is 1.44. The summed E-state index contributed by atoms with van der Waals surface area (Å²) in [5, 5.41) is 11.6. The van der Waals surface area contributed by atoms with Crippen molar-refractivity contribution in [3.63, 3.8) is 0 Å². The maximum absolute atomic E-state index is 13.7. The zero-order valence-electron chi connectivity index (χ0n) is 19.1. The predicted molar refractivity (Wildman–Crippen MR) is 132 cm³/mol. The Bertz CT molecular complexity index is 1630. The molecule has 1 aliphatic rings. The third-order valence-electron chi connectivity index (χ3n) is 6.22. The van der Waals surface area contributed by atoms with E-state index >= 15 is 0 Å². The molecule has 35 heavy (non-hydrogen) atoms. The number of aryl methyl sites for hydroxylation is 1. The van der Waals surface area contributed by atoms with E-state index in [0.29, 0.717) is 58.1 Å². The molecular formula is C25H22FN7O2. The summed E-state index contributed by atoms with van der Waals surface area (Å²) in [5.74, 6) is 0.510. The molecule has 0 saturated heterocycles. The number of likely N-dealkylation sites (N-methyl/N-ethyl adjacent to an activating group) is 1. The number of benzene rings is 2. The molecule has 1 atom stereocenters. The molecule has 1 aliphatic heterocycles. The predicted octanol–water partition coefficient (Wildman–Crippen LogP) is 3.41. The number of aromatic nitrogens is 5. The molecule has 2 N–H and O–H groups in total. The van der Waals surface area contributed by atoms with E-state index in [9.17, 15) is 9.18 Å². The molecule has 5 aromatic rings. The van der Waals surface area contributed by atoms with Gasteiger partial charge in [-0.1, -0.05) is 18.2 Å². The summed E-state index contributed by atoms with van der Waals surface area (Å²) in [6, 6.07) is 13.9. The van der Waals surface area contributed by atoms with Crippen molar-refractivity contribution in [3.05, 3.63) is 76.6 Å². The molecule has 10 heteroatoms. The molecule has 4 heterocycles. The first-order valence-electron chi connectivity index (χ1n) is 11.2. The number of nitrogens with one attached hydrogen (secondary N) is 2. The van der Waals surface area contributed by atoms with Gasteiger partial charge in [0.25, 0.3) is 5.56 Å². The number of H-pyrrole nitrogens is 1. The third kappa shape index (κ3) is 3.54. The zero-order valence-corrected chi connectivity index (χ0v) is 19.1. The Balaban J connectivity index is 1.37. The number of rotatable bonds is 4. The van der Waals surface area contributed by atoms with Gasteiger partial charge >= 0.3 is 0 Å². The van der Waals surface area contributed by atoms with Gasteiger partial charge in [0.2, 0.25) is 5.95 Å². The third-order valence-corrected chi connectivity index (χ3v) is 6.22. The van der Waals surface area contributed by atoms with Crippen LogP contribution >= 0.6 is 0 Å². The van der Waals surface area contributed by atoms with Crippen LogP contribution in [-0.4, -0.2) is 51.0 Å². The molecule has 0 radical (unpaired) electrons. The Labute approximate surface area is 199 Å². The molecule has 0 bridgehead atoms. The first-order valence-corrected chi connectivity index (χ1v) is 11.2. The lowest BCUT2D eigenvalue weighted by atomic mass is 10.2. The fraction of sp³-hybridized carbons (Fsp3) is 0.200. The Morgan fingerprint density at radius 1 is 1.23 bits per heavy atom. The van der Waals surface area contributed by atoms with Crippen LogP contribution in [0.15, 0.2) is 59.5 Å². The highest BCUT2D eigenvalue weighted by Gasteiger charge is 2.24. The fourth-order valence-corrected chi connectivity index (χ4v) is 4.55. The normalized spacial score (nSPS) is 15.3. The van der Waals surface area contributed by atoms with Crippen LogP contribution in [0.2, 0.25) is 0 Å². The van der Waals surface area contributed by atoms with Crippen molar-refractivity contribution >= 4 is 33.6 Å². The number of hydrogen-bond acceptors (Lipinski definition) is 7. The van der Waals surface area contributed by atoms with Crippen LogP contribution in [0, 0.1) is 12.7 Å². The molecule has 0 saturated carbocycles. The van der Waals surface area contributed by atoms with Gasteiger partial charge in [0.05, 0.1) is 46.4 Å². The fourth-order valence-electron chi connectivity index (χ4n) is 4.55. The summed E-state index contributed by atoms with van der Waals surface area (Å²) in [5.41, 5.74) is 3.03. The molecule has 176 valence electrons. The van der Waals surface area contributed by atoms with E-state index in [2.05, 4.69) is 20.5 Å². The minimum atomic E-state index is -0.345. The van der Waals surface area contributed by atoms with Gasteiger partial charge in [-0.2, -0.15) is 10.1 Å². The van der Waals surface area contributed by atoms with E-state index in [4.69, 9.17) is 9.72 Å². The van der Waals surface area contributed by atoms with Crippen molar-refractivity contribution in [2.45, 2.75) is 13.0 Å². The minimum absolute atomic E-state index is 0.203. The average molecular weight is 471 g/mol. The number of aromatic amines is 1. The van der Waals surface area contributed by atoms with Crippen LogP contribution in [0.1, 0.15) is 5.69 Å². The number of nitrogens with zero attached hydrogens (tertiary/aromatic N) is 5. The number of ether oxygens (including phenoxy) is 1. The van der Waals surface area contributed by atoms with E-state index < -0.39 is 0 Å². The van der Waals surface area contributed by atoms with E-state index in [0.717, 1.165) is 5.69 Å². The van der Waals surface area contributed by atoms with Crippen molar-refractivity contribution in [3.8, 4) is 11.4 Å². The summed E-state index contributed by atoms with van der Waals surface area (Å²) in [7, 11) is 1.94. The van der Waals surface area contributed by atoms with Gasteiger partial charge in [0.15, 0.2) is 5.65 Å². The SMILES string of the molecule is Cc1n[nH]c2c1c(=O)n(-c1ccccc1)c1nc(NC[C@H]3CN(C)c4ccc(F)cc4O3)ncc21. The van der Waals surface area contributed by atoms with Crippen LogP contribution in [0.25, 0.3) is 27.6 Å². The van der Waals surface area contributed by atoms with Crippen molar-refractivity contribution in [2.75, 3.05) is 30.4 Å². The lowest BCUT2D eigenvalue weighted by Gasteiger charge is -2.33. The van der Waals surface area contributed by atoms with E-state index in [-0.39, 0.29) is 17.5 Å². The molecule has 9 nitrogen and oxygen atoms in total. The smallest absolute Gasteiger partial charge is 0.268 e. The summed E-state index contributed by atoms with van der Waals surface area (Å²) < 4.78 is 21.3. The molecule has 0 aliphatic carbocycles. The molecule has 2 aromatic carbocycles. The van der Waals surface area contributed by atoms with Crippen LogP contribution in [0.5, 0.6) is 5.75 Å². The quantitative estimate of drug-likeness (QED) is 0.414. The van der Waals surface area contributed by atoms with Crippen LogP contribution < -0.4 is 20.5 Å². The van der Waals surface area contributed by atoms with Crippen molar-refractivity contribution in [2.24, 2.45) is 0 Å². The number of fused-ring (bicyclic) bond motifs is 4. The van der Waals surface area contributed by atoms with Gasteiger partial charge in [-0.15, -0.1) is 0 Å². The first-order chi connectivity index (χ1) is 17.0.